The Balaban J connectivity index is 2.05. The highest BCUT2D eigenvalue weighted by molar-refractivity contribution is 5.93. The van der Waals surface area contributed by atoms with Gasteiger partial charge in [-0.2, -0.15) is 0 Å². The van der Waals surface area contributed by atoms with Gasteiger partial charge in [-0.3, -0.25) is 4.79 Å². The number of hydrogen-bond acceptors (Lipinski definition) is 4. The minimum atomic E-state index is -0.207. The normalized spacial score (nSPS) is 12.8. The van der Waals surface area contributed by atoms with Crippen molar-refractivity contribution in [1.29, 1.82) is 0 Å². The number of methoxy groups -OCH3 is 2. The number of nitrogens with one attached hydrogen (secondary N) is 2. The van der Waals surface area contributed by atoms with Crippen LogP contribution in [0.3, 0.4) is 0 Å². The molecule has 2 N–H and O–H groups in total. The van der Waals surface area contributed by atoms with Gasteiger partial charge >= 0.3 is 0 Å². The molecular weight excluding hydrogens is 354 g/mol. The predicted molar refractivity (Wildman–Crippen MR) is 114 cm³/mol. The van der Waals surface area contributed by atoms with E-state index in [1.807, 2.05) is 76.3 Å². The lowest BCUT2D eigenvalue weighted by molar-refractivity contribution is -0.907. The van der Waals surface area contributed by atoms with E-state index < -0.39 is 0 Å². The summed E-state index contributed by atoms with van der Waals surface area (Å²) in [5.74, 6) is 1.41. The lowest BCUT2D eigenvalue weighted by Gasteiger charge is -2.23. The van der Waals surface area contributed by atoms with E-state index in [0.29, 0.717) is 18.0 Å². The van der Waals surface area contributed by atoms with Gasteiger partial charge in [0.25, 0.3) is 5.91 Å². The van der Waals surface area contributed by atoms with Gasteiger partial charge in [-0.05, 0) is 55.8 Å². The summed E-state index contributed by atoms with van der Waals surface area (Å²) in [5, 5.41) is 3.01. The highest BCUT2D eigenvalue weighted by atomic mass is 16.5. The van der Waals surface area contributed by atoms with E-state index in [1.54, 1.807) is 14.2 Å². The monoisotopic (exact) mass is 386 g/mol. The molecule has 1 amide bonds. The van der Waals surface area contributed by atoms with E-state index in [0.717, 1.165) is 27.4 Å². The number of anilines is 2. The number of carbonyl (C=O) groups is 1. The first-order chi connectivity index (χ1) is 13.3. The summed E-state index contributed by atoms with van der Waals surface area (Å²) in [5.41, 5.74) is 4.14. The Kier molecular flexibility index (Phi) is 7.29. The highest BCUT2D eigenvalue weighted by Gasteiger charge is 2.23. The minimum Gasteiger partial charge on any atom is -0.493 e. The summed E-state index contributed by atoms with van der Waals surface area (Å²) in [6.45, 7) is 4.69. The minimum absolute atomic E-state index is 0.00627. The first kappa shape index (κ1) is 21.6. The zero-order chi connectivity index (χ0) is 20.8. The van der Waals surface area contributed by atoms with Crippen LogP contribution in [-0.4, -0.2) is 47.3 Å². The van der Waals surface area contributed by atoms with Gasteiger partial charge in [0.15, 0.2) is 17.5 Å². The molecule has 0 saturated carbocycles. The van der Waals surface area contributed by atoms with Crippen LogP contribution in [0, 0.1) is 6.92 Å². The van der Waals surface area contributed by atoms with Crippen molar-refractivity contribution in [2.24, 2.45) is 0 Å². The Labute approximate surface area is 168 Å². The van der Waals surface area contributed by atoms with Gasteiger partial charge in [-0.25, -0.2) is 0 Å². The number of ether oxygens (including phenoxy) is 2. The number of amides is 1. The number of nitrogens with zero attached hydrogens (tertiary/aromatic N) is 1. The number of hydrogen-bond donors (Lipinski definition) is 2. The molecule has 0 aliphatic carbocycles. The van der Waals surface area contributed by atoms with Crippen LogP contribution in [0.25, 0.3) is 0 Å². The maximum Gasteiger partial charge on any atom is 0.282 e. The first-order valence-electron chi connectivity index (χ1n) is 9.38. The second kappa shape index (κ2) is 9.46. The molecule has 28 heavy (non-hydrogen) atoms. The number of benzene rings is 2. The summed E-state index contributed by atoms with van der Waals surface area (Å²) in [4.78, 5) is 15.8. The van der Waals surface area contributed by atoms with Crippen molar-refractivity contribution in [3.63, 3.8) is 0 Å². The average Bonchev–Trinajstić information content (AvgIpc) is 2.68. The molecule has 0 spiro atoms. The van der Waals surface area contributed by atoms with Gasteiger partial charge in [0, 0.05) is 31.0 Å². The number of quaternary nitrogens is 1. The predicted octanol–water partition coefficient (Wildman–Crippen LogP) is 2.12. The molecule has 0 aliphatic rings. The zero-order valence-corrected chi connectivity index (χ0v) is 17.9. The Morgan fingerprint density at radius 1 is 1.11 bits per heavy atom. The van der Waals surface area contributed by atoms with E-state index in [4.69, 9.17) is 9.47 Å². The molecule has 0 heterocycles. The zero-order valence-electron chi connectivity index (χ0n) is 17.9. The molecule has 2 aromatic carbocycles. The molecule has 0 radical (unpaired) electrons. The van der Waals surface area contributed by atoms with Crippen molar-refractivity contribution in [3.8, 4) is 11.5 Å². The third-order valence-corrected chi connectivity index (χ3v) is 5.10. The van der Waals surface area contributed by atoms with Gasteiger partial charge in [0.2, 0.25) is 0 Å². The maximum atomic E-state index is 12.7. The molecule has 152 valence electrons. The SMILES string of the molecule is COc1cc(C)c(C[NH+](C)[C@@H](C)C(=O)Nc2ccc(N(C)C)cc2)cc1OC. The maximum absolute atomic E-state index is 12.7. The lowest BCUT2D eigenvalue weighted by atomic mass is 10.1. The largest absolute Gasteiger partial charge is 0.493 e. The van der Waals surface area contributed by atoms with Crippen molar-refractivity contribution >= 4 is 17.3 Å². The fourth-order valence-corrected chi connectivity index (χ4v) is 2.98. The quantitative estimate of drug-likeness (QED) is 0.730. The van der Waals surface area contributed by atoms with Crippen LogP contribution in [-0.2, 0) is 11.3 Å². The Hall–Kier alpha value is -2.73. The number of carbonyl (C=O) groups excluding carboxylic acids is 1. The van der Waals surface area contributed by atoms with Gasteiger partial charge < -0.3 is 24.6 Å². The van der Waals surface area contributed by atoms with Crippen LogP contribution in [0.1, 0.15) is 18.1 Å². The first-order valence-corrected chi connectivity index (χ1v) is 9.38. The van der Waals surface area contributed by atoms with Crippen molar-refractivity contribution in [2.45, 2.75) is 26.4 Å². The van der Waals surface area contributed by atoms with Crippen LogP contribution < -0.4 is 24.6 Å². The smallest absolute Gasteiger partial charge is 0.282 e. The fraction of sp³-hybridized carbons (Fsp3) is 0.409. The summed E-state index contributed by atoms with van der Waals surface area (Å²) >= 11 is 0. The van der Waals surface area contributed by atoms with Crippen LogP contribution in [0.5, 0.6) is 11.5 Å². The number of likely N-dealkylation sites (N-methyl/N-ethyl adjacent to an activating group) is 1. The Morgan fingerprint density at radius 2 is 1.68 bits per heavy atom. The van der Waals surface area contributed by atoms with Gasteiger partial charge in [0.1, 0.15) is 6.54 Å². The molecule has 2 atom stereocenters. The molecule has 1 unspecified atom stereocenters. The summed E-state index contributed by atoms with van der Waals surface area (Å²) in [6, 6.07) is 11.6. The van der Waals surface area contributed by atoms with Crippen molar-refractivity contribution in [2.75, 3.05) is 45.6 Å². The summed E-state index contributed by atoms with van der Waals surface area (Å²) in [7, 11) is 9.26. The van der Waals surface area contributed by atoms with Crippen LogP contribution in [0.2, 0.25) is 0 Å². The van der Waals surface area contributed by atoms with Crippen LogP contribution in [0.4, 0.5) is 11.4 Å². The molecule has 6 nitrogen and oxygen atoms in total. The van der Waals surface area contributed by atoms with Crippen molar-refractivity contribution < 1.29 is 19.2 Å². The molecule has 0 bridgehead atoms. The molecule has 0 saturated heterocycles. The Bertz CT molecular complexity index is 803. The van der Waals surface area contributed by atoms with E-state index in [-0.39, 0.29) is 11.9 Å². The van der Waals surface area contributed by atoms with Crippen molar-refractivity contribution in [3.05, 3.63) is 47.5 Å². The summed E-state index contributed by atoms with van der Waals surface area (Å²) < 4.78 is 10.8. The molecule has 0 fully saturated rings. The molecule has 6 heteroatoms. The third kappa shape index (κ3) is 5.16. The lowest BCUT2D eigenvalue weighted by Crippen LogP contribution is -3.12. The second-order valence-electron chi connectivity index (χ2n) is 7.31. The summed E-state index contributed by atoms with van der Waals surface area (Å²) in [6.07, 6.45) is 0. The number of rotatable bonds is 8. The van der Waals surface area contributed by atoms with Gasteiger partial charge in [-0.1, -0.05) is 0 Å². The van der Waals surface area contributed by atoms with E-state index in [2.05, 4.69) is 5.32 Å². The fourth-order valence-electron chi connectivity index (χ4n) is 2.98. The van der Waals surface area contributed by atoms with Gasteiger partial charge in [-0.15, -0.1) is 0 Å². The average molecular weight is 387 g/mol. The van der Waals surface area contributed by atoms with Crippen LogP contribution in [0.15, 0.2) is 36.4 Å². The van der Waals surface area contributed by atoms with Gasteiger partial charge in [0.05, 0.1) is 21.3 Å². The van der Waals surface area contributed by atoms with E-state index in [1.165, 1.54) is 0 Å². The molecular formula is C22H32N3O3+. The van der Waals surface area contributed by atoms with E-state index in [9.17, 15) is 4.79 Å². The Morgan fingerprint density at radius 3 is 2.21 bits per heavy atom. The third-order valence-electron chi connectivity index (χ3n) is 5.10. The number of aryl methyl sites for hydroxylation is 1. The highest BCUT2D eigenvalue weighted by Crippen LogP contribution is 2.29. The van der Waals surface area contributed by atoms with Crippen molar-refractivity contribution in [1.82, 2.24) is 0 Å². The van der Waals surface area contributed by atoms with Crippen LogP contribution >= 0.6 is 0 Å². The second-order valence-corrected chi connectivity index (χ2v) is 7.31. The van der Waals surface area contributed by atoms with E-state index >= 15 is 0 Å². The molecule has 0 aromatic heterocycles. The molecule has 2 aromatic rings. The topological polar surface area (TPSA) is 55.2 Å². The standard InChI is InChI=1S/C22H31N3O3/c1-15-12-20(27-6)21(28-7)13-17(15)14-25(5)16(2)22(26)23-18-8-10-19(11-9-18)24(3)4/h8-13,16H,14H2,1-7H3,(H,23,26)/p+1/t16-/m0/s1. The molecule has 2 rings (SSSR count). The molecule has 0 aliphatic heterocycles.